The minimum absolute atomic E-state index is 0.00859. The van der Waals surface area contributed by atoms with Crippen molar-refractivity contribution in [3.8, 4) is 0 Å². The van der Waals surface area contributed by atoms with Gasteiger partial charge in [-0.15, -0.1) is 0 Å². The van der Waals surface area contributed by atoms with Gasteiger partial charge in [0.2, 0.25) is 11.8 Å². The Hall–Kier alpha value is -3.56. The lowest BCUT2D eigenvalue weighted by molar-refractivity contribution is -0.140. The Morgan fingerprint density at radius 2 is 1.49 bits per heavy atom. The van der Waals surface area contributed by atoms with Crippen LogP contribution in [0.5, 0.6) is 0 Å². The third-order valence-electron chi connectivity index (χ3n) is 8.89. The zero-order chi connectivity index (χ0) is 35.1. The number of rotatable bonds is 12. The summed E-state index contributed by atoms with van der Waals surface area (Å²) in [6, 6.07) is 24.8. The van der Waals surface area contributed by atoms with Gasteiger partial charge in [-0.05, 0) is 85.8 Å². The van der Waals surface area contributed by atoms with Crippen LogP contribution in [0, 0.1) is 13.8 Å². The van der Waals surface area contributed by atoms with Crippen LogP contribution in [0.3, 0.4) is 0 Å². The molecule has 1 fully saturated rings. The third-order valence-corrected chi connectivity index (χ3v) is 11.5. The lowest BCUT2D eigenvalue weighted by Crippen LogP contribution is -2.55. The van der Waals surface area contributed by atoms with Gasteiger partial charge in [-0.3, -0.25) is 13.9 Å². The zero-order valence-corrected chi connectivity index (χ0v) is 30.6. The maximum absolute atomic E-state index is 14.8. The van der Waals surface area contributed by atoms with E-state index in [1.165, 1.54) is 17.0 Å². The van der Waals surface area contributed by atoms with Crippen molar-refractivity contribution in [3.05, 3.63) is 128 Å². The Labute approximate surface area is 304 Å². The topological polar surface area (TPSA) is 86.8 Å². The van der Waals surface area contributed by atoms with Crippen molar-refractivity contribution in [2.75, 3.05) is 10.8 Å². The van der Waals surface area contributed by atoms with Crippen LogP contribution in [0.15, 0.2) is 95.9 Å². The maximum atomic E-state index is 14.8. The zero-order valence-electron chi connectivity index (χ0n) is 27.5. The minimum Gasteiger partial charge on any atom is -0.352 e. The molecular formula is C38H40Cl3N3O4S. The molecule has 0 unspecified atom stereocenters. The lowest BCUT2D eigenvalue weighted by Gasteiger charge is -2.35. The second kappa shape index (κ2) is 16.4. The molecule has 1 saturated carbocycles. The van der Waals surface area contributed by atoms with Crippen LogP contribution in [0.2, 0.25) is 15.1 Å². The van der Waals surface area contributed by atoms with Crippen LogP contribution in [-0.2, 0) is 32.6 Å². The fraction of sp³-hybridized carbons (Fsp3) is 0.316. The van der Waals surface area contributed by atoms with Crippen LogP contribution >= 0.6 is 34.8 Å². The Balaban J connectivity index is 1.60. The molecule has 2 amide bonds. The van der Waals surface area contributed by atoms with E-state index in [-0.39, 0.29) is 29.8 Å². The molecular weight excluding hydrogens is 701 g/mol. The summed E-state index contributed by atoms with van der Waals surface area (Å²) in [5.41, 5.74) is 3.18. The first-order valence-electron chi connectivity index (χ1n) is 16.4. The van der Waals surface area contributed by atoms with Crippen LogP contribution in [0.25, 0.3) is 0 Å². The quantitative estimate of drug-likeness (QED) is 0.158. The molecule has 258 valence electrons. The molecule has 1 N–H and O–H groups in total. The molecule has 0 heterocycles. The van der Waals surface area contributed by atoms with E-state index in [4.69, 9.17) is 34.8 Å². The second-order valence-electron chi connectivity index (χ2n) is 12.6. The van der Waals surface area contributed by atoms with Crippen molar-refractivity contribution in [2.45, 2.75) is 75.9 Å². The monoisotopic (exact) mass is 739 g/mol. The van der Waals surface area contributed by atoms with Gasteiger partial charge in [-0.25, -0.2) is 8.42 Å². The Kier molecular flexibility index (Phi) is 12.3. The number of hydrogen-bond acceptors (Lipinski definition) is 4. The molecule has 0 radical (unpaired) electrons. The van der Waals surface area contributed by atoms with E-state index >= 15 is 0 Å². The number of aryl methyl sites for hydroxylation is 2. The molecule has 0 spiro atoms. The molecule has 11 heteroatoms. The molecule has 49 heavy (non-hydrogen) atoms. The normalized spacial score (nSPS) is 14.2. The third kappa shape index (κ3) is 9.37. The van der Waals surface area contributed by atoms with E-state index in [2.05, 4.69) is 5.32 Å². The minimum atomic E-state index is -4.25. The van der Waals surface area contributed by atoms with Crippen molar-refractivity contribution < 1.29 is 18.0 Å². The average Bonchev–Trinajstić information content (AvgIpc) is 3.07. The van der Waals surface area contributed by atoms with Crippen molar-refractivity contribution in [2.24, 2.45) is 0 Å². The van der Waals surface area contributed by atoms with Gasteiger partial charge in [0.1, 0.15) is 12.6 Å². The summed E-state index contributed by atoms with van der Waals surface area (Å²) in [5.74, 6) is -0.874. The number of amides is 2. The molecule has 5 rings (SSSR count). The molecule has 7 nitrogen and oxygen atoms in total. The highest BCUT2D eigenvalue weighted by atomic mass is 35.5. The molecule has 0 saturated heterocycles. The summed E-state index contributed by atoms with van der Waals surface area (Å²) >= 11 is 19.1. The molecule has 1 atom stereocenters. The maximum Gasteiger partial charge on any atom is 0.264 e. The largest absolute Gasteiger partial charge is 0.352 e. The highest BCUT2D eigenvalue weighted by Gasteiger charge is 2.36. The fourth-order valence-corrected chi connectivity index (χ4v) is 8.35. The molecule has 1 aliphatic carbocycles. The van der Waals surface area contributed by atoms with E-state index < -0.39 is 28.5 Å². The van der Waals surface area contributed by atoms with E-state index in [1.54, 1.807) is 55.5 Å². The Morgan fingerprint density at radius 1 is 0.837 bits per heavy atom. The molecule has 1 aliphatic rings. The first-order chi connectivity index (χ1) is 23.4. The van der Waals surface area contributed by atoms with E-state index in [1.807, 2.05) is 37.3 Å². The summed E-state index contributed by atoms with van der Waals surface area (Å²) in [5, 5.41) is 4.40. The van der Waals surface area contributed by atoms with E-state index in [9.17, 15) is 18.0 Å². The number of carbonyl (C=O) groups is 2. The van der Waals surface area contributed by atoms with Crippen LogP contribution < -0.4 is 9.62 Å². The van der Waals surface area contributed by atoms with E-state index in [0.29, 0.717) is 31.9 Å². The Morgan fingerprint density at radius 3 is 2.14 bits per heavy atom. The molecule has 4 aromatic rings. The summed E-state index contributed by atoms with van der Waals surface area (Å²) in [7, 11) is -4.25. The highest BCUT2D eigenvalue weighted by Crippen LogP contribution is 2.31. The van der Waals surface area contributed by atoms with Gasteiger partial charge in [0.15, 0.2) is 0 Å². The number of benzene rings is 4. The summed E-state index contributed by atoms with van der Waals surface area (Å²) in [4.78, 5) is 30.6. The van der Waals surface area contributed by atoms with Crippen molar-refractivity contribution in [1.82, 2.24) is 10.2 Å². The van der Waals surface area contributed by atoms with Gasteiger partial charge >= 0.3 is 0 Å². The van der Waals surface area contributed by atoms with Gasteiger partial charge in [-0.1, -0.05) is 108 Å². The standard InChI is InChI=1S/C38H40Cl3N3O4S/c1-26-13-18-33(19-14-26)49(47,48)44(35-20-17-30(39)21-27(35)2)25-37(45)43(24-29-15-16-31(40)23-34(29)41)36(22-28-9-5-3-6-10-28)38(46)42-32-11-7-4-8-12-32/h3,5-6,9-10,13-21,23,32,36H,4,7-8,11-12,22,24-25H2,1-2H3,(H,42,46)/t36-/m0/s1. The number of carbonyl (C=O) groups excluding carboxylic acids is 2. The molecule has 4 aromatic carbocycles. The van der Waals surface area contributed by atoms with E-state index in [0.717, 1.165) is 47.5 Å². The smallest absolute Gasteiger partial charge is 0.264 e. The van der Waals surface area contributed by atoms with Gasteiger partial charge in [0.05, 0.1) is 10.6 Å². The highest BCUT2D eigenvalue weighted by molar-refractivity contribution is 7.92. The predicted molar refractivity (Wildman–Crippen MR) is 198 cm³/mol. The van der Waals surface area contributed by atoms with Gasteiger partial charge in [-0.2, -0.15) is 0 Å². The van der Waals surface area contributed by atoms with Crippen molar-refractivity contribution >= 4 is 62.3 Å². The van der Waals surface area contributed by atoms with Crippen LogP contribution in [0.4, 0.5) is 5.69 Å². The molecule has 0 bridgehead atoms. The summed E-state index contributed by atoms with van der Waals surface area (Å²) < 4.78 is 29.8. The predicted octanol–water partition coefficient (Wildman–Crippen LogP) is 8.55. The van der Waals surface area contributed by atoms with Gasteiger partial charge in [0, 0.05) is 34.1 Å². The molecule has 0 aromatic heterocycles. The first-order valence-corrected chi connectivity index (χ1v) is 18.9. The SMILES string of the molecule is Cc1ccc(S(=O)(=O)N(CC(=O)N(Cc2ccc(Cl)cc2Cl)[C@@H](Cc2ccccc2)C(=O)NC2CCCCC2)c2ccc(Cl)cc2C)cc1. The summed E-state index contributed by atoms with van der Waals surface area (Å²) in [6.45, 7) is 2.98. The second-order valence-corrected chi connectivity index (χ2v) is 15.7. The number of sulfonamides is 1. The number of nitrogens with one attached hydrogen (secondary N) is 1. The van der Waals surface area contributed by atoms with Crippen molar-refractivity contribution in [1.29, 1.82) is 0 Å². The van der Waals surface area contributed by atoms with Gasteiger partial charge < -0.3 is 10.2 Å². The average molecular weight is 741 g/mol. The first kappa shape index (κ1) is 36.7. The number of hydrogen-bond donors (Lipinski definition) is 1. The Bertz CT molecular complexity index is 1880. The van der Waals surface area contributed by atoms with Crippen LogP contribution in [-0.4, -0.2) is 43.8 Å². The lowest BCUT2D eigenvalue weighted by atomic mass is 9.94. The van der Waals surface area contributed by atoms with Gasteiger partial charge in [0.25, 0.3) is 10.0 Å². The number of anilines is 1. The van der Waals surface area contributed by atoms with Crippen molar-refractivity contribution in [3.63, 3.8) is 0 Å². The van der Waals surface area contributed by atoms with Crippen LogP contribution in [0.1, 0.15) is 54.4 Å². The number of halogens is 3. The fourth-order valence-electron chi connectivity index (χ4n) is 6.18. The number of nitrogens with zero attached hydrogens (tertiary/aromatic N) is 2. The summed E-state index contributed by atoms with van der Waals surface area (Å²) in [6.07, 6.45) is 5.08. The molecule has 0 aliphatic heterocycles.